The van der Waals surface area contributed by atoms with Gasteiger partial charge in [0.25, 0.3) is 0 Å². The lowest BCUT2D eigenvalue weighted by atomic mass is 9.97. The first kappa shape index (κ1) is 15.7. The fourth-order valence-corrected chi connectivity index (χ4v) is 2.68. The second-order valence-electron chi connectivity index (χ2n) is 5.86. The van der Waals surface area contributed by atoms with Gasteiger partial charge in [-0.25, -0.2) is 0 Å². The summed E-state index contributed by atoms with van der Waals surface area (Å²) in [6, 6.07) is 15.1. The van der Waals surface area contributed by atoms with Crippen LogP contribution in [0, 0.1) is 19.3 Å². The van der Waals surface area contributed by atoms with Crippen molar-refractivity contribution in [2.75, 3.05) is 0 Å². The molecule has 24 heavy (non-hydrogen) atoms. The zero-order chi connectivity index (χ0) is 17.3. The van der Waals surface area contributed by atoms with Crippen molar-refractivity contribution in [3.63, 3.8) is 0 Å². The summed E-state index contributed by atoms with van der Waals surface area (Å²) >= 11 is 0. The van der Waals surface area contributed by atoms with Crippen molar-refractivity contribution in [3.05, 3.63) is 76.3 Å². The van der Waals surface area contributed by atoms with Crippen molar-refractivity contribution in [1.82, 2.24) is 4.98 Å². The first-order chi connectivity index (χ1) is 11.5. The van der Waals surface area contributed by atoms with Gasteiger partial charge in [0, 0.05) is 5.56 Å². The molecule has 0 aliphatic rings. The Bertz CT molecular complexity index is 904. The molecule has 4 heteroatoms. The van der Waals surface area contributed by atoms with E-state index in [1.165, 1.54) is 0 Å². The molecule has 0 fully saturated rings. The number of carbonyl (C=O) groups is 1. The Balaban J connectivity index is 2.12. The molecule has 0 radical (unpaired) electrons. The number of carbonyl (C=O) groups excluding carboxylic acids is 1. The lowest BCUT2D eigenvalue weighted by Crippen LogP contribution is -2.03. The highest BCUT2D eigenvalue weighted by molar-refractivity contribution is 6.17. The molecule has 1 aromatic heterocycles. The van der Waals surface area contributed by atoms with Gasteiger partial charge in [0.15, 0.2) is 12.2 Å². The number of aromatic nitrogens is 1. The SMILES string of the molecule is Cc1ccc(C(=N)c2c(O)[nH]c(-c3ccc(C)cc3)c2C=O)cc1. The van der Waals surface area contributed by atoms with Crippen LogP contribution >= 0.6 is 0 Å². The second-order valence-corrected chi connectivity index (χ2v) is 5.86. The van der Waals surface area contributed by atoms with Gasteiger partial charge in [-0.3, -0.25) is 10.2 Å². The molecule has 4 nitrogen and oxygen atoms in total. The number of hydrogen-bond acceptors (Lipinski definition) is 3. The Labute approximate surface area is 140 Å². The van der Waals surface area contributed by atoms with Gasteiger partial charge in [-0.15, -0.1) is 0 Å². The molecule has 0 saturated carbocycles. The average molecular weight is 318 g/mol. The largest absolute Gasteiger partial charge is 0.494 e. The molecule has 0 aliphatic heterocycles. The summed E-state index contributed by atoms with van der Waals surface area (Å²) in [5.74, 6) is -0.168. The maximum absolute atomic E-state index is 11.7. The van der Waals surface area contributed by atoms with Crippen molar-refractivity contribution < 1.29 is 9.90 Å². The van der Waals surface area contributed by atoms with Gasteiger partial charge < -0.3 is 10.1 Å². The van der Waals surface area contributed by atoms with E-state index in [0.717, 1.165) is 16.7 Å². The fourth-order valence-electron chi connectivity index (χ4n) is 2.68. The number of rotatable bonds is 4. The third-order valence-electron chi connectivity index (χ3n) is 4.07. The molecule has 0 saturated heterocycles. The van der Waals surface area contributed by atoms with E-state index < -0.39 is 0 Å². The molecule has 0 bridgehead atoms. The molecule has 0 amide bonds. The van der Waals surface area contributed by atoms with Crippen molar-refractivity contribution >= 4 is 12.0 Å². The number of aromatic hydroxyl groups is 1. The minimum absolute atomic E-state index is 0.115. The number of aromatic amines is 1. The Morgan fingerprint density at radius 1 is 1.00 bits per heavy atom. The topological polar surface area (TPSA) is 76.9 Å². The molecule has 3 N–H and O–H groups in total. The average Bonchev–Trinajstić information content (AvgIpc) is 2.92. The van der Waals surface area contributed by atoms with E-state index in [-0.39, 0.29) is 17.2 Å². The highest BCUT2D eigenvalue weighted by Gasteiger charge is 2.22. The fraction of sp³-hybridized carbons (Fsp3) is 0.100. The van der Waals surface area contributed by atoms with Crippen LogP contribution in [0.15, 0.2) is 48.5 Å². The lowest BCUT2D eigenvalue weighted by molar-refractivity contribution is 0.112. The molecule has 1 heterocycles. The Hall–Kier alpha value is -3.14. The van der Waals surface area contributed by atoms with Crippen molar-refractivity contribution in [1.29, 1.82) is 5.41 Å². The van der Waals surface area contributed by atoms with Gasteiger partial charge in [-0.2, -0.15) is 0 Å². The molecule has 0 unspecified atom stereocenters. The van der Waals surface area contributed by atoms with Crippen LogP contribution in [0.2, 0.25) is 0 Å². The number of aldehydes is 1. The summed E-state index contributed by atoms with van der Waals surface area (Å²) < 4.78 is 0. The van der Waals surface area contributed by atoms with Gasteiger partial charge in [-0.1, -0.05) is 59.7 Å². The molecular weight excluding hydrogens is 300 g/mol. The molecule has 0 aliphatic carbocycles. The van der Waals surface area contributed by atoms with Gasteiger partial charge in [0.05, 0.1) is 22.5 Å². The number of nitrogens with one attached hydrogen (secondary N) is 2. The zero-order valence-electron chi connectivity index (χ0n) is 13.6. The van der Waals surface area contributed by atoms with E-state index >= 15 is 0 Å². The van der Waals surface area contributed by atoms with Gasteiger partial charge in [0.2, 0.25) is 0 Å². The minimum Gasteiger partial charge on any atom is -0.494 e. The van der Waals surface area contributed by atoms with Gasteiger partial charge >= 0.3 is 0 Å². The number of benzene rings is 2. The zero-order valence-corrected chi connectivity index (χ0v) is 13.6. The summed E-state index contributed by atoms with van der Waals surface area (Å²) in [4.78, 5) is 14.5. The Morgan fingerprint density at radius 2 is 1.54 bits per heavy atom. The van der Waals surface area contributed by atoms with Gasteiger partial charge in [0.1, 0.15) is 0 Å². The minimum atomic E-state index is -0.168. The lowest BCUT2D eigenvalue weighted by Gasteiger charge is -2.05. The standard InChI is InChI=1S/C20H18N2O2/c1-12-3-7-14(8-4-12)18(21)17-16(11-23)19(22-20(17)24)15-9-5-13(2)6-10-15/h3-11,21-22,24H,1-2H3. The molecule has 3 rings (SSSR count). The van der Waals surface area contributed by atoms with E-state index in [1.54, 1.807) is 0 Å². The summed E-state index contributed by atoms with van der Waals surface area (Å²) in [5, 5.41) is 18.7. The number of hydrogen-bond donors (Lipinski definition) is 3. The van der Waals surface area contributed by atoms with Crippen molar-refractivity contribution in [2.45, 2.75) is 13.8 Å². The summed E-state index contributed by atoms with van der Waals surface area (Å²) in [6.45, 7) is 3.95. The molecular formula is C20H18N2O2. The number of H-pyrrole nitrogens is 1. The van der Waals surface area contributed by atoms with Gasteiger partial charge in [-0.05, 0) is 19.4 Å². The van der Waals surface area contributed by atoms with Crippen LogP contribution < -0.4 is 0 Å². The van der Waals surface area contributed by atoms with E-state index in [9.17, 15) is 9.90 Å². The maximum atomic E-state index is 11.7. The Morgan fingerprint density at radius 3 is 2.08 bits per heavy atom. The van der Waals surface area contributed by atoms with E-state index in [0.29, 0.717) is 23.1 Å². The van der Waals surface area contributed by atoms with Crippen LogP contribution in [0.1, 0.15) is 32.6 Å². The van der Waals surface area contributed by atoms with Crippen LogP contribution in [0.4, 0.5) is 0 Å². The van der Waals surface area contributed by atoms with E-state index in [2.05, 4.69) is 4.98 Å². The van der Waals surface area contributed by atoms with Crippen LogP contribution in [-0.4, -0.2) is 22.1 Å². The molecule has 0 spiro atoms. The van der Waals surface area contributed by atoms with E-state index in [4.69, 9.17) is 5.41 Å². The highest BCUT2D eigenvalue weighted by Crippen LogP contribution is 2.32. The Kier molecular flexibility index (Phi) is 4.04. The molecule has 3 aromatic rings. The first-order valence-corrected chi connectivity index (χ1v) is 7.64. The smallest absolute Gasteiger partial charge is 0.199 e. The molecule has 0 atom stereocenters. The third kappa shape index (κ3) is 2.74. The first-order valence-electron chi connectivity index (χ1n) is 7.64. The summed E-state index contributed by atoms with van der Waals surface area (Å²) in [7, 11) is 0. The third-order valence-corrected chi connectivity index (χ3v) is 4.07. The van der Waals surface area contributed by atoms with E-state index in [1.807, 2.05) is 62.4 Å². The highest BCUT2D eigenvalue weighted by atomic mass is 16.3. The summed E-state index contributed by atoms with van der Waals surface area (Å²) in [6.07, 6.45) is 0.684. The van der Waals surface area contributed by atoms with Crippen LogP contribution in [0.3, 0.4) is 0 Å². The monoisotopic (exact) mass is 318 g/mol. The van der Waals surface area contributed by atoms with Crippen LogP contribution in [0.5, 0.6) is 5.88 Å². The molecule has 2 aromatic carbocycles. The normalized spacial score (nSPS) is 10.6. The number of aryl methyl sites for hydroxylation is 2. The van der Waals surface area contributed by atoms with Crippen LogP contribution in [-0.2, 0) is 0 Å². The van der Waals surface area contributed by atoms with Crippen molar-refractivity contribution in [2.24, 2.45) is 0 Å². The maximum Gasteiger partial charge on any atom is 0.199 e. The second kappa shape index (κ2) is 6.16. The molecule has 120 valence electrons. The van der Waals surface area contributed by atoms with Crippen molar-refractivity contribution in [3.8, 4) is 17.1 Å². The quantitative estimate of drug-likeness (QED) is 0.497. The summed E-state index contributed by atoms with van der Waals surface area (Å²) in [5.41, 5.74) is 4.79. The van der Waals surface area contributed by atoms with Crippen LogP contribution in [0.25, 0.3) is 11.3 Å². The predicted octanol–water partition coefficient (Wildman–Crippen LogP) is 4.23. The predicted molar refractivity (Wildman–Crippen MR) is 95.1 cm³/mol.